The van der Waals surface area contributed by atoms with Crippen molar-refractivity contribution in [3.8, 4) is 0 Å². The highest BCUT2D eigenvalue weighted by atomic mass is 127. The largest absolute Gasteiger partial charge is 0.357 e. The number of rotatable bonds is 8. The van der Waals surface area contributed by atoms with E-state index in [1.807, 2.05) is 62.4 Å². The molecule has 0 radical (unpaired) electrons. The molecule has 2 aromatic carbocycles. The summed E-state index contributed by atoms with van der Waals surface area (Å²) in [7, 11) is 0. The van der Waals surface area contributed by atoms with E-state index in [1.54, 1.807) is 0 Å². The molecule has 0 bridgehead atoms. The summed E-state index contributed by atoms with van der Waals surface area (Å²) in [5, 5.41) is 9.31. The summed E-state index contributed by atoms with van der Waals surface area (Å²) in [4.78, 5) is 21.1. The van der Waals surface area contributed by atoms with Crippen LogP contribution in [0.2, 0.25) is 0 Å². The third kappa shape index (κ3) is 6.72. The molecule has 0 atom stereocenters. The van der Waals surface area contributed by atoms with Crippen LogP contribution in [0.15, 0.2) is 59.6 Å². The van der Waals surface area contributed by atoms with Crippen LogP contribution in [0.1, 0.15) is 19.2 Å². The molecule has 0 aliphatic heterocycles. The topological polar surface area (TPSA) is 83.3 Å². The van der Waals surface area contributed by atoms with Crippen molar-refractivity contribution in [2.24, 2.45) is 4.99 Å². The molecule has 0 spiro atoms. The van der Waals surface area contributed by atoms with Gasteiger partial charge in [0.2, 0.25) is 5.91 Å². The number of carbonyl (C=O) groups excluding carboxylic acids is 1. The van der Waals surface area contributed by atoms with Crippen molar-refractivity contribution in [3.63, 3.8) is 0 Å². The molecule has 0 fully saturated rings. The maximum Gasteiger partial charge on any atom is 0.246 e. The molecule has 7 nitrogen and oxygen atoms in total. The van der Waals surface area contributed by atoms with E-state index in [-0.39, 0.29) is 36.4 Å². The Morgan fingerprint density at radius 1 is 1.07 bits per heavy atom. The highest BCUT2D eigenvalue weighted by Gasteiger charge is 2.07. The number of aryl methyl sites for hydroxylation is 2. The number of hydrogen-bond donors (Lipinski definition) is 3. The highest BCUT2D eigenvalue weighted by molar-refractivity contribution is 14.0. The molecule has 3 rings (SSSR count). The predicted octanol–water partition coefficient (Wildman–Crippen LogP) is 3.55. The van der Waals surface area contributed by atoms with E-state index in [0.29, 0.717) is 5.96 Å². The number of nitrogens with zero attached hydrogens (tertiary/aromatic N) is 3. The fraction of sp³-hybridized carbons (Fsp3) is 0.318. The van der Waals surface area contributed by atoms with E-state index < -0.39 is 0 Å². The quantitative estimate of drug-likeness (QED) is 0.184. The van der Waals surface area contributed by atoms with Crippen molar-refractivity contribution >= 4 is 52.6 Å². The van der Waals surface area contributed by atoms with Gasteiger partial charge < -0.3 is 20.5 Å². The van der Waals surface area contributed by atoms with Gasteiger partial charge in [-0.3, -0.25) is 4.79 Å². The number of halogens is 1. The standard InChI is InChI=1S/C22H28N6O.HI/c1-3-23-22(25-16-21(29)27-18-10-5-4-6-11-18)24-14-9-15-28-17(2)26-19-12-7-8-13-20(19)28;/h4-8,10-13H,3,9,14-16H2,1-2H3,(H,27,29)(H2,23,24,25);1H. The second-order valence-electron chi connectivity index (χ2n) is 6.69. The van der Waals surface area contributed by atoms with Gasteiger partial charge in [0.15, 0.2) is 5.96 Å². The van der Waals surface area contributed by atoms with Gasteiger partial charge >= 0.3 is 0 Å². The number of para-hydroxylation sites is 3. The minimum Gasteiger partial charge on any atom is -0.357 e. The molecular weight excluding hydrogens is 491 g/mol. The summed E-state index contributed by atoms with van der Waals surface area (Å²) >= 11 is 0. The number of aromatic nitrogens is 2. The zero-order valence-electron chi connectivity index (χ0n) is 17.4. The third-order valence-electron chi connectivity index (χ3n) is 4.48. The molecule has 8 heteroatoms. The van der Waals surface area contributed by atoms with E-state index in [9.17, 15) is 4.79 Å². The Bertz CT molecular complexity index is 970. The lowest BCUT2D eigenvalue weighted by Crippen LogP contribution is -2.38. The van der Waals surface area contributed by atoms with E-state index in [1.165, 1.54) is 0 Å². The number of amides is 1. The van der Waals surface area contributed by atoms with Gasteiger partial charge in [0.25, 0.3) is 0 Å². The first-order valence-electron chi connectivity index (χ1n) is 9.96. The molecular formula is C22H29IN6O. The maximum absolute atomic E-state index is 12.1. The minimum absolute atomic E-state index is 0. The summed E-state index contributed by atoms with van der Waals surface area (Å²) in [5.41, 5.74) is 2.95. The highest BCUT2D eigenvalue weighted by Crippen LogP contribution is 2.15. The smallest absolute Gasteiger partial charge is 0.246 e. The summed E-state index contributed by atoms with van der Waals surface area (Å²) in [5.74, 6) is 1.51. The number of anilines is 1. The SMILES string of the molecule is CCNC(=NCC(=O)Nc1ccccc1)NCCCn1c(C)nc2ccccc21.I. The maximum atomic E-state index is 12.1. The van der Waals surface area contributed by atoms with Crippen LogP contribution in [0.5, 0.6) is 0 Å². The van der Waals surface area contributed by atoms with Gasteiger partial charge in [0, 0.05) is 25.3 Å². The van der Waals surface area contributed by atoms with Crippen molar-refractivity contribution in [3.05, 3.63) is 60.4 Å². The summed E-state index contributed by atoms with van der Waals surface area (Å²) in [6, 6.07) is 17.6. The Morgan fingerprint density at radius 3 is 2.57 bits per heavy atom. The first-order valence-corrected chi connectivity index (χ1v) is 9.96. The van der Waals surface area contributed by atoms with Crippen LogP contribution >= 0.6 is 24.0 Å². The van der Waals surface area contributed by atoms with Gasteiger partial charge in [-0.15, -0.1) is 24.0 Å². The van der Waals surface area contributed by atoms with Gasteiger partial charge in [-0.2, -0.15) is 0 Å². The zero-order chi connectivity index (χ0) is 20.5. The number of benzene rings is 2. The molecule has 1 heterocycles. The van der Waals surface area contributed by atoms with Gasteiger partial charge in [0.05, 0.1) is 11.0 Å². The molecule has 3 N–H and O–H groups in total. The van der Waals surface area contributed by atoms with Crippen LogP contribution in [-0.4, -0.2) is 41.1 Å². The van der Waals surface area contributed by atoms with Crippen LogP contribution in [0.3, 0.4) is 0 Å². The zero-order valence-corrected chi connectivity index (χ0v) is 19.7. The van der Waals surface area contributed by atoms with Crippen molar-refractivity contribution in [2.75, 3.05) is 25.0 Å². The fourth-order valence-electron chi connectivity index (χ4n) is 3.14. The number of nitrogens with one attached hydrogen (secondary N) is 3. The lowest BCUT2D eigenvalue weighted by molar-refractivity contribution is -0.114. The Hall–Kier alpha value is -2.62. The number of carbonyl (C=O) groups is 1. The number of hydrogen-bond acceptors (Lipinski definition) is 3. The van der Waals surface area contributed by atoms with Gasteiger partial charge in [-0.25, -0.2) is 9.98 Å². The summed E-state index contributed by atoms with van der Waals surface area (Å²) in [6.45, 7) is 6.45. The first-order chi connectivity index (χ1) is 14.2. The molecule has 0 saturated heterocycles. The Morgan fingerprint density at radius 2 is 1.80 bits per heavy atom. The number of aliphatic imine (C=N–C) groups is 1. The first kappa shape index (κ1) is 23.7. The average Bonchev–Trinajstić information content (AvgIpc) is 3.05. The molecule has 160 valence electrons. The molecule has 0 aliphatic carbocycles. The van der Waals surface area contributed by atoms with E-state index in [4.69, 9.17) is 0 Å². The normalized spacial score (nSPS) is 11.1. The number of imidazole rings is 1. The van der Waals surface area contributed by atoms with Crippen LogP contribution in [0, 0.1) is 6.92 Å². The van der Waals surface area contributed by atoms with Crippen LogP contribution in [0.4, 0.5) is 5.69 Å². The molecule has 30 heavy (non-hydrogen) atoms. The van der Waals surface area contributed by atoms with Crippen LogP contribution in [0.25, 0.3) is 11.0 Å². The third-order valence-corrected chi connectivity index (χ3v) is 4.48. The van der Waals surface area contributed by atoms with Crippen LogP contribution in [-0.2, 0) is 11.3 Å². The fourth-order valence-corrected chi connectivity index (χ4v) is 3.14. The Kier molecular flexibility index (Phi) is 9.59. The van der Waals surface area contributed by atoms with Crippen molar-refractivity contribution < 1.29 is 4.79 Å². The molecule has 1 amide bonds. The van der Waals surface area contributed by atoms with Gasteiger partial charge in [-0.05, 0) is 44.5 Å². The Labute approximate surface area is 194 Å². The number of guanidine groups is 1. The van der Waals surface area contributed by atoms with E-state index in [2.05, 4.69) is 36.6 Å². The molecule has 1 aromatic heterocycles. The van der Waals surface area contributed by atoms with Crippen molar-refractivity contribution in [2.45, 2.75) is 26.8 Å². The molecule has 0 unspecified atom stereocenters. The predicted molar refractivity (Wildman–Crippen MR) is 134 cm³/mol. The monoisotopic (exact) mass is 520 g/mol. The lowest BCUT2D eigenvalue weighted by Gasteiger charge is -2.12. The van der Waals surface area contributed by atoms with Crippen molar-refractivity contribution in [1.82, 2.24) is 20.2 Å². The second-order valence-corrected chi connectivity index (χ2v) is 6.69. The number of fused-ring (bicyclic) bond motifs is 1. The van der Waals surface area contributed by atoms with E-state index in [0.717, 1.165) is 48.6 Å². The molecule has 0 saturated carbocycles. The average molecular weight is 520 g/mol. The lowest BCUT2D eigenvalue weighted by atomic mass is 10.3. The van der Waals surface area contributed by atoms with Gasteiger partial charge in [0.1, 0.15) is 12.4 Å². The van der Waals surface area contributed by atoms with Crippen molar-refractivity contribution in [1.29, 1.82) is 0 Å². The van der Waals surface area contributed by atoms with Crippen LogP contribution < -0.4 is 16.0 Å². The summed E-state index contributed by atoms with van der Waals surface area (Å²) in [6.07, 6.45) is 0.918. The Balaban J connectivity index is 0.00000320. The van der Waals surface area contributed by atoms with E-state index >= 15 is 0 Å². The second kappa shape index (κ2) is 12.2. The molecule has 3 aromatic rings. The minimum atomic E-state index is -0.145. The summed E-state index contributed by atoms with van der Waals surface area (Å²) < 4.78 is 2.23. The van der Waals surface area contributed by atoms with Gasteiger partial charge in [-0.1, -0.05) is 30.3 Å². The molecule has 0 aliphatic rings.